The van der Waals surface area contributed by atoms with E-state index in [1.54, 1.807) is 0 Å². The van der Waals surface area contributed by atoms with Gasteiger partial charge in [-0.25, -0.2) is 10.0 Å². The maximum atomic E-state index is 6.45. The molecule has 6 atom stereocenters. The normalized spacial score (nSPS) is 47.2. The molecule has 0 spiro atoms. The Balaban J connectivity index is 1.51. The molecule has 0 saturated carbocycles. The molecule has 6 nitrogen and oxygen atoms in total. The van der Waals surface area contributed by atoms with Crippen molar-refractivity contribution in [2.45, 2.75) is 102 Å². The molecule has 0 aromatic carbocycles. The lowest BCUT2D eigenvalue weighted by molar-refractivity contribution is -0.427. The molecule has 6 heteroatoms. The van der Waals surface area contributed by atoms with Crippen LogP contribution >= 0.6 is 0 Å². The van der Waals surface area contributed by atoms with Crippen molar-refractivity contribution in [1.29, 1.82) is 0 Å². The first-order chi connectivity index (χ1) is 11.8. The van der Waals surface area contributed by atoms with Gasteiger partial charge in [0.1, 0.15) is 12.5 Å². The van der Waals surface area contributed by atoms with Gasteiger partial charge in [0.25, 0.3) is 0 Å². The van der Waals surface area contributed by atoms with Crippen molar-refractivity contribution in [3.05, 3.63) is 0 Å². The highest BCUT2D eigenvalue weighted by atomic mass is 16.5. The summed E-state index contributed by atoms with van der Waals surface area (Å²) in [4.78, 5) is 0. The molecular formula is C18H32N4O2. The highest BCUT2D eigenvalue weighted by Crippen LogP contribution is 2.44. The minimum Gasteiger partial charge on any atom is -0.357 e. The molecule has 136 valence electrons. The van der Waals surface area contributed by atoms with E-state index in [9.17, 15) is 0 Å². The molecule has 6 unspecified atom stereocenters. The Bertz CT molecular complexity index is 436. The number of hydrogen-bond acceptors (Lipinski definition) is 6. The molecular weight excluding hydrogens is 304 g/mol. The molecule has 0 N–H and O–H groups in total. The quantitative estimate of drug-likeness (QED) is 0.769. The van der Waals surface area contributed by atoms with Gasteiger partial charge < -0.3 is 9.47 Å². The summed E-state index contributed by atoms with van der Waals surface area (Å²) in [5, 5.41) is 10.6. The lowest BCUT2D eigenvalue weighted by Crippen LogP contribution is -2.82. The van der Waals surface area contributed by atoms with Crippen LogP contribution in [0.3, 0.4) is 0 Å². The predicted molar refractivity (Wildman–Crippen MR) is 90.3 cm³/mol. The largest absolute Gasteiger partial charge is 0.357 e. The van der Waals surface area contributed by atoms with Crippen molar-refractivity contribution in [2.24, 2.45) is 0 Å². The van der Waals surface area contributed by atoms with E-state index in [0.717, 1.165) is 25.9 Å². The number of rotatable bonds is 2. The van der Waals surface area contributed by atoms with Gasteiger partial charge >= 0.3 is 0 Å². The van der Waals surface area contributed by atoms with Gasteiger partial charge in [-0.2, -0.15) is 10.0 Å². The maximum Gasteiger partial charge on any atom is 0.125 e. The summed E-state index contributed by atoms with van der Waals surface area (Å²) in [6.45, 7) is 6.61. The number of hydrogen-bond donors (Lipinski definition) is 0. The lowest BCUT2D eigenvalue weighted by atomic mass is 9.99. The van der Waals surface area contributed by atoms with Gasteiger partial charge in [0.2, 0.25) is 0 Å². The van der Waals surface area contributed by atoms with Gasteiger partial charge in [0.05, 0.1) is 24.5 Å². The first-order valence-electron chi connectivity index (χ1n) is 10.2. The van der Waals surface area contributed by atoms with Gasteiger partial charge in [-0.05, 0) is 51.4 Å². The number of piperidine rings is 2. The third-order valence-electron chi connectivity index (χ3n) is 6.70. The summed E-state index contributed by atoms with van der Waals surface area (Å²) in [7, 11) is 0. The Morgan fingerprint density at radius 1 is 0.708 bits per heavy atom. The zero-order valence-corrected chi connectivity index (χ0v) is 15.1. The molecule has 0 aliphatic carbocycles. The zero-order valence-electron chi connectivity index (χ0n) is 15.1. The van der Waals surface area contributed by atoms with Crippen molar-refractivity contribution in [3.63, 3.8) is 0 Å². The molecule has 0 radical (unpaired) electrons. The van der Waals surface area contributed by atoms with E-state index >= 15 is 0 Å². The van der Waals surface area contributed by atoms with Crippen LogP contribution in [0.5, 0.6) is 0 Å². The van der Waals surface area contributed by atoms with E-state index in [0.29, 0.717) is 24.5 Å². The van der Waals surface area contributed by atoms with Gasteiger partial charge in [-0.3, -0.25) is 0 Å². The van der Waals surface area contributed by atoms with Crippen LogP contribution in [0.15, 0.2) is 0 Å². The van der Waals surface area contributed by atoms with E-state index in [4.69, 9.17) is 9.47 Å². The van der Waals surface area contributed by atoms with E-state index in [2.05, 4.69) is 33.9 Å². The fraction of sp³-hybridized carbons (Fsp3) is 1.00. The van der Waals surface area contributed by atoms with Gasteiger partial charge in [-0.15, -0.1) is 0 Å². The molecule has 5 aliphatic heterocycles. The van der Waals surface area contributed by atoms with E-state index in [1.165, 1.54) is 38.5 Å². The molecule has 0 aromatic heterocycles. The molecule has 0 bridgehead atoms. The highest BCUT2D eigenvalue weighted by molar-refractivity contribution is 4.95. The van der Waals surface area contributed by atoms with Crippen LogP contribution in [-0.4, -0.2) is 70.1 Å². The van der Waals surface area contributed by atoms with Crippen LogP contribution in [0.25, 0.3) is 0 Å². The summed E-state index contributed by atoms with van der Waals surface area (Å²) in [6, 6.07) is 0. The van der Waals surface area contributed by atoms with E-state index in [-0.39, 0.29) is 12.5 Å². The number of fused-ring (bicyclic) bond motifs is 2. The average Bonchev–Trinajstić information content (AvgIpc) is 2.64. The molecule has 5 saturated heterocycles. The summed E-state index contributed by atoms with van der Waals surface area (Å²) in [5.74, 6) is 0. The summed E-state index contributed by atoms with van der Waals surface area (Å²) < 4.78 is 12.9. The monoisotopic (exact) mass is 336 g/mol. The molecule has 5 rings (SSSR count). The van der Waals surface area contributed by atoms with Gasteiger partial charge in [0, 0.05) is 13.1 Å². The molecule has 0 amide bonds. The fourth-order valence-electron chi connectivity index (χ4n) is 5.51. The Morgan fingerprint density at radius 3 is 1.58 bits per heavy atom. The summed E-state index contributed by atoms with van der Waals surface area (Å²) >= 11 is 0. The SMILES string of the molecule is CCC1CN2C3CCCC4OC(CC)CN(C5CCCC(O1)N52)N43. The van der Waals surface area contributed by atoms with Crippen LogP contribution < -0.4 is 0 Å². The molecule has 24 heavy (non-hydrogen) atoms. The minimum atomic E-state index is 0.285. The second-order valence-electron chi connectivity index (χ2n) is 8.07. The standard InChI is InChI=1S/C18H32N4O2/c1-3-13-11-19-15-7-6-10-18-22(15)20(12-14(4-2)24-18)16-8-5-9-17(23-13)21(16)19/h13-18H,3-12H2,1-2H3. The molecule has 5 fully saturated rings. The van der Waals surface area contributed by atoms with Crippen molar-refractivity contribution in [2.75, 3.05) is 13.1 Å². The first-order valence-corrected chi connectivity index (χ1v) is 10.2. The predicted octanol–water partition coefficient (Wildman–Crippen LogP) is 2.33. The fourth-order valence-corrected chi connectivity index (χ4v) is 5.51. The molecule has 5 aliphatic rings. The Kier molecular flexibility index (Phi) is 4.11. The Morgan fingerprint density at radius 2 is 1.17 bits per heavy atom. The highest BCUT2D eigenvalue weighted by Gasteiger charge is 2.56. The second-order valence-corrected chi connectivity index (χ2v) is 8.07. The number of hydrazine groups is 2. The maximum absolute atomic E-state index is 6.45. The molecule has 0 aromatic rings. The average molecular weight is 336 g/mol. The van der Waals surface area contributed by atoms with Gasteiger partial charge in [-0.1, -0.05) is 13.8 Å². The van der Waals surface area contributed by atoms with Crippen molar-refractivity contribution < 1.29 is 9.47 Å². The summed E-state index contributed by atoms with van der Waals surface area (Å²) in [6.07, 6.45) is 11.9. The smallest absolute Gasteiger partial charge is 0.125 e. The lowest BCUT2D eigenvalue weighted by Gasteiger charge is -2.68. The Labute approximate surface area is 145 Å². The summed E-state index contributed by atoms with van der Waals surface area (Å²) in [5.41, 5.74) is 0. The number of ether oxygens (including phenoxy) is 2. The van der Waals surface area contributed by atoms with Crippen molar-refractivity contribution in [1.82, 2.24) is 20.0 Å². The Hall–Kier alpha value is -0.240. The van der Waals surface area contributed by atoms with Crippen LogP contribution in [0.4, 0.5) is 0 Å². The number of nitrogens with zero attached hydrogens (tertiary/aromatic N) is 4. The van der Waals surface area contributed by atoms with Crippen molar-refractivity contribution >= 4 is 0 Å². The third-order valence-corrected chi connectivity index (χ3v) is 6.70. The first kappa shape index (κ1) is 16.0. The van der Waals surface area contributed by atoms with Crippen LogP contribution in [-0.2, 0) is 9.47 Å². The topological polar surface area (TPSA) is 31.4 Å². The van der Waals surface area contributed by atoms with Gasteiger partial charge in [0.15, 0.2) is 0 Å². The second kappa shape index (κ2) is 6.18. The van der Waals surface area contributed by atoms with Crippen LogP contribution in [0, 0.1) is 0 Å². The molecule has 5 heterocycles. The zero-order chi connectivity index (χ0) is 16.3. The van der Waals surface area contributed by atoms with Crippen LogP contribution in [0.1, 0.15) is 65.2 Å². The van der Waals surface area contributed by atoms with Crippen molar-refractivity contribution in [3.8, 4) is 0 Å². The van der Waals surface area contributed by atoms with E-state index in [1.807, 2.05) is 0 Å². The van der Waals surface area contributed by atoms with E-state index < -0.39 is 0 Å². The minimum absolute atomic E-state index is 0.285. The third kappa shape index (κ3) is 2.31. The van der Waals surface area contributed by atoms with Crippen LogP contribution in [0.2, 0.25) is 0 Å².